The molecule has 108 valence electrons. The van der Waals surface area contributed by atoms with E-state index in [-0.39, 0.29) is 11.9 Å². The lowest BCUT2D eigenvalue weighted by atomic mass is 10.0. The molecule has 0 aromatic heterocycles. The van der Waals surface area contributed by atoms with Gasteiger partial charge in [-0.05, 0) is 50.6 Å². The Hall–Kier alpha value is -1.35. The van der Waals surface area contributed by atoms with E-state index in [1.807, 2.05) is 0 Å². The third kappa shape index (κ3) is 3.21. The average molecular weight is 272 g/mol. The first-order valence-electron chi connectivity index (χ1n) is 7.81. The number of hydrogen-bond acceptors (Lipinski definition) is 2. The Kier molecular flexibility index (Phi) is 4.06. The molecule has 3 nitrogen and oxygen atoms in total. The van der Waals surface area contributed by atoms with Crippen molar-refractivity contribution in [3.05, 3.63) is 35.4 Å². The lowest BCUT2D eigenvalue weighted by molar-refractivity contribution is -0.131. The summed E-state index contributed by atoms with van der Waals surface area (Å²) >= 11 is 0. The van der Waals surface area contributed by atoms with Crippen LogP contribution in [0.3, 0.4) is 0 Å². The van der Waals surface area contributed by atoms with Crippen molar-refractivity contribution >= 4 is 5.91 Å². The summed E-state index contributed by atoms with van der Waals surface area (Å²) in [4.78, 5) is 14.4. The number of carbonyl (C=O) groups excluding carboxylic acids is 1. The van der Waals surface area contributed by atoms with Gasteiger partial charge in [0.1, 0.15) is 0 Å². The van der Waals surface area contributed by atoms with Crippen LogP contribution in [0.1, 0.15) is 42.9 Å². The predicted molar refractivity (Wildman–Crippen MR) is 80.5 cm³/mol. The van der Waals surface area contributed by atoms with Crippen molar-refractivity contribution < 1.29 is 4.79 Å². The summed E-state index contributed by atoms with van der Waals surface area (Å²) in [5, 5.41) is 3.32. The molecule has 2 fully saturated rings. The fraction of sp³-hybridized carbons (Fsp3) is 0.588. The van der Waals surface area contributed by atoms with Gasteiger partial charge < -0.3 is 10.2 Å². The molecule has 0 spiro atoms. The minimum absolute atomic E-state index is 0.259. The third-order valence-corrected chi connectivity index (χ3v) is 4.41. The summed E-state index contributed by atoms with van der Waals surface area (Å²) in [6.45, 7) is 4.53. The molecule has 1 saturated heterocycles. The van der Waals surface area contributed by atoms with Crippen LogP contribution in [0.4, 0.5) is 0 Å². The number of nitrogens with zero attached hydrogens (tertiary/aromatic N) is 1. The minimum atomic E-state index is 0.259. The lowest BCUT2D eigenvalue weighted by Gasteiger charge is -2.25. The maximum absolute atomic E-state index is 12.4. The second-order valence-corrected chi connectivity index (χ2v) is 6.23. The van der Waals surface area contributed by atoms with Crippen molar-refractivity contribution in [2.75, 3.05) is 19.6 Å². The molecular formula is C17H24N2O. The topological polar surface area (TPSA) is 32.3 Å². The fourth-order valence-electron chi connectivity index (χ4n) is 3.10. The smallest absolute Gasteiger partial charge is 0.237 e. The summed E-state index contributed by atoms with van der Waals surface area (Å²) in [5.74, 6) is 1.09. The molecule has 1 aromatic carbocycles. The van der Waals surface area contributed by atoms with E-state index < -0.39 is 0 Å². The molecule has 1 amide bonds. The minimum Gasteiger partial charge on any atom is -0.335 e. The van der Waals surface area contributed by atoms with Gasteiger partial charge in [0.05, 0.1) is 12.6 Å². The van der Waals surface area contributed by atoms with Crippen molar-refractivity contribution in [1.82, 2.24) is 10.2 Å². The van der Waals surface area contributed by atoms with Crippen LogP contribution in [0.5, 0.6) is 0 Å². The van der Waals surface area contributed by atoms with Gasteiger partial charge in [-0.25, -0.2) is 0 Å². The molecule has 1 aromatic rings. The summed E-state index contributed by atoms with van der Waals surface area (Å²) < 4.78 is 0. The van der Waals surface area contributed by atoms with Crippen molar-refractivity contribution in [2.24, 2.45) is 5.92 Å². The van der Waals surface area contributed by atoms with Gasteiger partial charge in [-0.3, -0.25) is 4.79 Å². The van der Waals surface area contributed by atoms with Gasteiger partial charge in [0.25, 0.3) is 0 Å². The first-order valence-corrected chi connectivity index (χ1v) is 7.81. The zero-order chi connectivity index (χ0) is 13.9. The van der Waals surface area contributed by atoms with Gasteiger partial charge >= 0.3 is 0 Å². The summed E-state index contributed by atoms with van der Waals surface area (Å²) in [6, 6.07) is 8.86. The van der Waals surface area contributed by atoms with Gasteiger partial charge in [0.2, 0.25) is 5.91 Å². The molecule has 1 heterocycles. The molecule has 3 heteroatoms. The number of amides is 1. The molecule has 1 unspecified atom stereocenters. The largest absolute Gasteiger partial charge is 0.335 e. The molecule has 1 saturated carbocycles. The van der Waals surface area contributed by atoms with Crippen LogP contribution in [0, 0.1) is 12.8 Å². The molecule has 1 N–H and O–H groups in total. The van der Waals surface area contributed by atoms with Gasteiger partial charge in [0, 0.05) is 6.54 Å². The van der Waals surface area contributed by atoms with Crippen molar-refractivity contribution in [1.29, 1.82) is 0 Å². The van der Waals surface area contributed by atoms with Crippen LogP contribution in [-0.2, 0) is 4.79 Å². The molecule has 1 aliphatic heterocycles. The van der Waals surface area contributed by atoms with Crippen LogP contribution in [0.15, 0.2) is 24.3 Å². The van der Waals surface area contributed by atoms with E-state index in [1.165, 1.54) is 24.0 Å². The van der Waals surface area contributed by atoms with Gasteiger partial charge in [-0.2, -0.15) is 0 Å². The first-order chi connectivity index (χ1) is 9.74. The first kappa shape index (κ1) is 13.6. The van der Waals surface area contributed by atoms with E-state index in [1.54, 1.807) is 0 Å². The highest BCUT2D eigenvalue weighted by Gasteiger charge is 2.30. The van der Waals surface area contributed by atoms with Crippen LogP contribution in [-0.4, -0.2) is 30.4 Å². The number of likely N-dealkylation sites (tertiary alicyclic amines) is 1. The normalized spacial score (nSPS) is 22.2. The molecule has 0 radical (unpaired) electrons. The molecular weight excluding hydrogens is 248 g/mol. The Morgan fingerprint density at radius 2 is 2.20 bits per heavy atom. The lowest BCUT2D eigenvalue weighted by Crippen LogP contribution is -2.38. The predicted octanol–water partition coefficient (Wildman–Crippen LogP) is 2.66. The molecule has 3 rings (SSSR count). The van der Waals surface area contributed by atoms with Crippen LogP contribution in [0.25, 0.3) is 0 Å². The van der Waals surface area contributed by atoms with E-state index in [0.717, 1.165) is 31.8 Å². The van der Waals surface area contributed by atoms with Crippen molar-refractivity contribution in [3.8, 4) is 0 Å². The van der Waals surface area contributed by atoms with Crippen molar-refractivity contribution in [2.45, 2.75) is 38.6 Å². The van der Waals surface area contributed by atoms with Crippen LogP contribution in [0.2, 0.25) is 0 Å². The SMILES string of the molecule is Cc1cccc(C2CCCN2C(=O)CNCC2CC2)c1. The number of nitrogens with one attached hydrogen (secondary N) is 1. The standard InChI is InChI=1S/C17H24N2O/c1-13-4-2-5-15(10-13)16-6-3-9-19(16)17(20)12-18-11-14-7-8-14/h2,4-5,10,14,16,18H,3,6-9,11-12H2,1H3. The van der Waals surface area contributed by atoms with E-state index in [0.29, 0.717) is 6.54 Å². The second-order valence-electron chi connectivity index (χ2n) is 6.23. The maximum atomic E-state index is 12.4. The third-order valence-electron chi connectivity index (χ3n) is 4.41. The van der Waals surface area contributed by atoms with E-state index in [2.05, 4.69) is 41.4 Å². The Bertz CT molecular complexity index is 482. The van der Waals surface area contributed by atoms with Gasteiger partial charge in [0.15, 0.2) is 0 Å². The molecule has 1 atom stereocenters. The zero-order valence-electron chi connectivity index (χ0n) is 12.3. The summed E-state index contributed by atoms with van der Waals surface area (Å²) in [6.07, 6.45) is 4.87. The Labute approximate surface area is 121 Å². The molecule has 2 aliphatic rings. The summed E-state index contributed by atoms with van der Waals surface area (Å²) in [7, 11) is 0. The van der Waals surface area contributed by atoms with E-state index in [9.17, 15) is 4.79 Å². The van der Waals surface area contributed by atoms with E-state index >= 15 is 0 Å². The average Bonchev–Trinajstić information content (AvgIpc) is 3.12. The number of hydrogen-bond donors (Lipinski definition) is 1. The Morgan fingerprint density at radius 3 is 2.95 bits per heavy atom. The van der Waals surface area contributed by atoms with Crippen LogP contribution < -0.4 is 5.32 Å². The second kappa shape index (κ2) is 5.96. The van der Waals surface area contributed by atoms with Gasteiger partial charge in [-0.15, -0.1) is 0 Å². The number of carbonyl (C=O) groups is 1. The zero-order valence-corrected chi connectivity index (χ0v) is 12.3. The number of rotatable bonds is 5. The van der Waals surface area contributed by atoms with Crippen LogP contribution >= 0.6 is 0 Å². The van der Waals surface area contributed by atoms with Gasteiger partial charge in [-0.1, -0.05) is 29.8 Å². The number of aryl methyl sites for hydroxylation is 1. The van der Waals surface area contributed by atoms with E-state index in [4.69, 9.17) is 0 Å². The molecule has 1 aliphatic carbocycles. The highest BCUT2D eigenvalue weighted by atomic mass is 16.2. The fourth-order valence-corrected chi connectivity index (χ4v) is 3.10. The monoisotopic (exact) mass is 272 g/mol. The molecule has 0 bridgehead atoms. The summed E-state index contributed by atoms with van der Waals surface area (Å²) in [5.41, 5.74) is 2.56. The highest BCUT2D eigenvalue weighted by Crippen LogP contribution is 2.32. The number of benzene rings is 1. The molecule has 20 heavy (non-hydrogen) atoms. The quantitative estimate of drug-likeness (QED) is 0.893. The Morgan fingerprint density at radius 1 is 1.35 bits per heavy atom. The Balaban J connectivity index is 1.60. The van der Waals surface area contributed by atoms with Crippen molar-refractivity contribution in [3.63, 3.8) is 0 Å². The maximum Gasteiger partial charge on any atom is 0.237 e. The highest BCUT2D eigenvalue weighted by molar-refractivity contribution is 5.79.